The van der Waals surface area contributed by atoms with Crippen molar-refractivity contribution in [3.63, 3.8) is 0 Å². The SMILES string of the molecule is CC(C)CNC(=O)CNC(=O)NCCNC(=O)c1ccc(F)cc1. The molecular weight excluding hydrogens is 315 g/mol. The summed E-state index contributed by atoms with van der Waals surface area (Å²) in [5, 5.41) is 10.2. The van der Waals surface area contributed by atoms with E-state index in [0.717, 1.165) is 0 Å². The van der Waals surface area contributed by atoms with Crippen LogP contribution in [0.4, 0.5) is 9.18 Å². The lowest BCUT2D eigenvalue weighted by Gasteiger charge is -2.10. The van der Waals surface area contributed by atoms with E-state index in [1.807, 2.05) is 13.8 Å². The fraction of sp³-hybridized carbons (Fsp3) is 0.438. The molecule has 0 spiro atoms. The molecule has 7 nitrogen and oxygen atoms in total. The molecule has 24 heavy (non-hydrogen) atoms. The topological polar surface area (TPSA) is 99.3 Å². The van der Waals surface area contributed by atoms with Gasteiger partial charge in [-0.05, 0) is 30.2 Å². The standard InChI is InChI=1S/C16H23FN4O3/c1-11(2)9-20-14(22)10-21-16(24)19-8-7-18-15(23)12-3-5-13(17)6-4-12/h3-6,11H,7-10H2,1-2H3,(H,18,23)(H,20,22)(H2,19,21,24). The molecule has 0 aliphatic heterocycles. The Morgan fingerprint density at radius 3 is 2.21 bits per heavy atom. The molecule has 0 aromatic heterocycles. The largest absolute Gasteiger partial charge is 0.354 e. The van der Waals surface area contributed by atoms with E-state index in [2.05, 4.69) is 21.3 Å². The fourth-order valence-corrected chi connectivity index (χ4v) is 1.66. The van der Waals surface area contributed by atoms with Crippen molar-refractivity contribution < 1.29 is 18.8 Å². The zero-order valence-electron chi connectivity index (χ0n) is 13.8. The van der Waals surface area contributed by atoms with Gasteiger partial charge in [0.05, 0.1) is 6.54 Å². The molecule has 132 valence electrons. The average Bonchev–Trinajstić information content (AvgIpc) is 2.55. The number of hydrogen-bond acceptors (Lipinski definition) is 3. The number of carbonyl (C=O) groups excluding carboxylic acids is 3. The minimum absolute atomic E-state index is 0.111. The first-order valence-corrected chi connectivity index (χ1v) is 7.70. The molecule has 0 fully saturated rings. The van der Waals surface area contributed by atoms with Crippen LogP contribution in [0, 0.1) is 11.7 Å². The molecule has 8 heteroatoms. The van der Waals surface area contributed by atoms with Crippen LogP contribution >= 0.6 is 0 Å². The maximum atomic E-state index is 12.7. The normalized spacial score (nSPS) is 10.2. The van der Waals surface area contributed by atoms with E-state index >= 15 is 0 Å². The maximum absolute atomic E-state index is 12.7. The van der Waals surface area contributed by atoms with Gasteiger partial charge in [-0.3, -0.25) is 9.59 Å². The quantitative estimate of drug-likeness (QED) is 0.523. The second-order valence-corrected chi connectivity index (χ2v) is 5.57. The van der Waals surface area contributed by atoms with Crippen LogP contribution in [0.1, 0.15) is 24.2 Å². The van der Waals surface area contributed by atoms with Crippen molar-refractivity contribution in [1.29, 1.82) is 0 Å². The third kappa shape index (κ3) is 8.11. The summed E-state index contributed by atoms with van der Waals surface area (Å²) in [4.78, 5) is 34.6. The van der Waals surface area contributed by atoms with Crippen LogP contribution in [-0.2, 0) is 4.79 Å². The Bertz CT molecular complexity index is 561. The number of rotatable bonds is 8. The number of urea groups is 1. The summed E-state index contributed by atoms with van der Waals surface area (Å²) < 4.78 is 12.7. The second kappa shape index (κ2) is 10.2. The van der Waals surface area contributed by atoms with Gasteiger partial charge in [-0.1, -0.05) is 13.8 Å². The van der Waals surface area contributed by atoms with E-state index in [1.54, 1.807) is 0 Å². The molecule has 0 unspecified atom stereocenters. The maximum Gasteiger partial charge on any atom is 0.315 e. The highest BCUT2D eigenvalue weighted by Crippen LogP contribution is 2.01. The van der Waals surface area contributed by atoms with Gasteiger partial charge in [0, 0.05) is 25.2 Å². The first-order valence-electron chi connectivity index (χ1n) is 7.70. The molecule has 1 rings (SSSR count). The predicted molar refractivity (Wildman–Crippen MR) is 88.0 cm³/mol. The van der Waals surface area contributed by atoms with Crippen molar-refractivity contribution >= 4 is 17.8 Å². The lowest BCUT2D eigenvalue weighted by atomic mass is 10.2. The van der Waals surface area contributed by atoms with Crippen molar-refractivity contribution in [3.05, 3.63) is 35.6 Å². The highest BCUT2D eigenvalue weighted by atomic mass is 19.1. The van der Waals surface area contributed by atoms with Crippen LogP contribution in [0.15, 0.2) is 24.3 Å². The Morgan fingerprint density at radius 1 is 0.958 bits per heavy atom. The molecule has 4 amide bonds. The Balaban J connectivity index is 2.14. The number of hydrogen-bond donors (Lipinski definition) is 4. The smallest absolute Gasteiger partial charge is 0.315 e. The van der Waals surface area contributed by atoms with Crippen LogP contribution in [0.25, 0.3) is 0 Å². The van der Waals surface area contributed by atoms with Crippen molar-refractivity contribution in [2.75, 3.05) is 26.2 Å². The third-order valence-electron chi connectivity index (χ3n) is 2.92. The van der Waals surface area contributed by atoms with Gasteiger partial charge < -0.3 is 21.3 Å². The van der Waals surface area contributed by atoms with E-state index in [4.69, 9.17) is 0 Å². The molecule has 0 saturated heterocycles. The summed E-state index contributed by atoms with van der Waals surface area (Å²) in [6.45, 7) is 4.80. The van der Waals surface area contributed by atoms with Gasteiger partial charge in [-0.25, -0.2) is 9.18 Å². The minimum Gasteiger partial charge on any atom is -0.354 e. The summed E-state index contributed by atoms with van der Waals surface area (Å²) in [7, 11) is 0. The molecule has 0 saturated carbocycles. The fourth-order valence-electron chi connectivity index (χ4n) is 1.66. The highest BCUT2D eigenvalue weighted by molar-refractivity contribution is 5.94. The van der Waals surface area contributed by atoms with Crippen molar-refractivity contribution in [1.82, 2.24) is 21.3 Å². The van der Waals surface area contributed by atoms with Crippen LogP contribution in [0.3, 0.4) is 0 Å². The molecule has 0 atom stereocenters. The number of carbonyl (C=O) groups is 3. The first kappa shape index (κ1) is 19.4. The van der Waals surface area contributed by atoms with Gasteiger partial charge in [0.2, 0.25) is 5.91 Å². The van der Waals surface area contributed by atoms with Gasteiger partial charge in [0.1, 0.15) is 5.82 Å². The zero-order valence-corrected chi connectivity index (χ0v) is 13.8. The van der Waals surface area contributed by atoms with Crippen LogP contribution in [-0.4, -0.2) is 44.0 Å². The van der Waals surface area contributed by atoms with Crippen LogP contribution < -0.4 is 21.3 Å². The first-order chi connectivity index (χ1) is 11.4. The summed E-state index contributed by atoms with van der Waals surface area (Å²) in [5.41, 5.74) is 0.336. The summed E-state index contributed by atoms with van der Waals surface area (Å²) in [6.07, 6.45) is 0. The molecule has 0 aliphatic rings. The van der Waals surface area contributed by atoms with Gasteiger partial charge in [-0.15, -0.1) is 0 Å². The molecular formula is C16H23FN4O3. The van der Waals surface area contributed by atoms with Gasteiger partial charge >= 0.3 is 6.03 Å². The average molecular weight is 338 g/mol. The molecule has 0 bridgehead atoms. The molecule has 0 aliphatic carbocycles. The number of benzene rings is 1. The molecule has 4 N–H and O–H groups in total. The lowest BCUT2D eigenvalue weighted by Crippen LogP contribution is -2.44. The Kier molecular flexibility index (Phi) is 8.24. The monoisotopic (exact) mass is 338 g/mol. The Labute approximate surface area is 140 Å². The van der Waals surface area contributed by atoms with E-state index in [9.17, 15) is 18.8 Å². The van der Waals surface area contributed by atoms with E-state index < -0.39 is 11.8 Å². The summed E-state index contributed by atoms with van der Waals surface area (Å²) in [5.74, 6) is -0.691. The van der Waals surface area contributed by atoms with E-state index in [-0.39, 0.29) is 31.4 Å². The third-order valence-corrected chi connectivity index (χ3v) is 2.92. The van der Waals surface area contributed by atoms with E-state index in [1.165, 1.54) is 24.3 Å². The van der Waals surface area contributed by atoms with Crippen molar-refractivity contribution in [2.45, 2.75) is 13.8 Å². The minimum atomic E-state index is -0.495. The van der Waals surface area contributed by atoms with Crippen molar-refractivity contribution in [2.24, 2.45) is 5.92 Å². The highest BCUT2D eigenvalue weighted by Gasteiger charge is 2.07. The number of nitrogens with one attached hydrogen (secondary N) is 4. The molecule has 0 heterocycles. The Morgan fingerprint density at radius 2 is 1.58 bits per heavy atom. The Hall–Kier alpha value is -2.64. The predicted octanol–water partition coefficient (Wildman–Crippen LogP) is 0.627. The van der Waals surface area contributed by atoms with Crippen LogP contribution in [0.2, 0.25) is 0 Å². The number of amides is 4. The van der Waals surface area contributed by atoms with Crippen LogP contribution in [0.5, 0.6) is 0 Å². The van der Waals surface area contributed by atoms with E-state index in [0.29, 0.717) is 18.0 Å². The van der Waals surface area contributed by atoms with Gasteiger partial charge in [-0.2, -0.15) is 0 Å². The summed E-state index contributed by atoms with van der Waals surface area (Å²) in [6, 6.07) is 4.66. The molecule has 0 radical (unpaired) electrons. The zero-order chi connectivity index (χ0) is 17.9. The second-order valence-electron chi connectivity index (χ2n) is 5.57. The van der Waals surface area contributed by atoms with Gasteiger partial charge in [0.25, 0.3) is 5.91 Å². The molecule has 1 aromatic rings. The van der Waals surface area contributed by atoms with Gasteiger partial charge in [0.15, 0.2) is 0 Å². The molecule has 1 aromatic carbocycles. The number of halogens is 1. The van der Waals surface area contributed by atoms with Crippen molar-refractivity contribution in [3.8, 4) is 0 Å². The lowest BCUT2D eigenvalue weighted by molar-refractivity contribution is -0.120. The summed E-state index contributed by atoms with van der Waals surface area (Å²) >= 11 is 0.